The summed E-state index contributed by atoms with van der Waals surface area (Å²) in [5, 5.41) is 12.1. The van der Waals surface area contributed by atoms with Crippen LogP contribution in [-0.2, 0) is 9.59 Å². The van der Waals surface area contributed by atoms with E-state index < -0.39 is 5.97 Å². The molecule has 0 aromatic heterocycles. The first-order valence-corrected chi connectivity index (χ1v) is 6.91. The Balaban J connectivity index is 2.17. The molecule has 2 rings (SSSR count). The molecule has 1 fully saturated rings. The van der Waals surface area contributed by atoms with Gasteiger partial charge in [-0.3, -0.25) is 9.59 Å². The topological polar surface area (TPSA) is 69.6 Å². The number of hydrogen-bond acceptors (Lipinski definition) is 3. The van der Waals surface area contributed by atoms with Gasteiger partial charge in [0.2, 0.25) is 5.91 Å². The zero-order valence-electron chi connectivity index (χ0n) is 11.6. The summed E-state index contributed by atoms with van der Waals surface area (Å²) in [7, 11) is 0. The fourth-order valence-electron chi connectivity index (χ4n) is 2.58. The van der Waals surface area contributed by atoms with E-state index in [1.165, 1.54) is 0 Å². The van der Waals surface area contributed by atoms with Gasteiger partial charge in [0.15, 0.2) is 0 Å². The molecule has 0 saturated carbocycles. The maximum Gasteiger partial charge on any atom is 0.305 e. The molecule has 0 spiro atoms. The summed E-state index contributed by atoms with van der Waals surface area (Å²) in [6, 6.07) is 9.40. The lowest BCUT2D eigenvalue weighted by Crippen LogP contribution is -2.41. The molecule has 1 saturated heterocycles. The molecule has 0 radical (unpaired) electrons. The number of carboxylic acid groups (broad SMARTS) is 1. The van der Waals surface area contributed by atoms with Crippen molar-refractivity contribution in [3.8, 4) is 0 Å². The second kappa shape index (κ2) is 6.52. The molecule has 1 aromatic carbocycles. The monoisotopic (exact) mass is 276 g/mol. The van der Waals surface area contributed by atoms with Gasteiger partial charge in [-0.2, -0.15) is 0 Å². The van der Waals surface area contributed by atoms with E-state index >= 15 is 0 Å². The van der Waals surface area contributed by atoms with Crippen LogP contribution >= 0.6 is 0 Å². The third-order valence-electron chi connectivity index (χ3n) is 3.73. The zero-order valence-corrected chi connectivity index (χ0v) is 11.6. The number of hydrogen-bond donors (Lipinski definition) is 2. The van der Waals surface area contributed by atoms with Gasteiger partial charge in [0.1, 0.15) is 0 Å². The van der Waals surface area contributed by atoms with Crippen molar-refractivity contribution in [3.63, 3.8) is 0 Å². The van der Waals surface area contributed by atoms with Crippen LogP contribution in [-0.4, -0.2) is 36.1 Å². The van der Waals surface area contributed by atoms with Gasteiger partial charge in [0.25, 0.3) is 0 Å². The average Bonchev–Trinajstić information content (AvgIpc) is 2.86. The molecule has 2 unspecified atom stereocenters. The Hall–Kier alpha value is -1.88. The number of carbonyl (C=O) groups excluding carboxylic acids is 1. The highest BCUT2D eigenvalue weighted by Gasteiger charge is 2.33. The van der Waals surface area contributed by atoms with Crippen LogP contribution in [0.2, 0.25) is 0 Å². The van der Waals surface area contributed by atoms with Gasteiger partial charge in [0, 0.05) is 18.3 Å². The van der Waals surface area contributed by atoms with E-state index in [2.05, 4.69) is 5.32 Å². The lowest BCUT2D eigenvalue weighted by Gasteiger charge is -2.26. The summed E-state index contributed by atoms with van der Waals surface area (Å²) in [6.07, 6.45) is 0.756. The quantitative estimate of drug-likeness (QED) is 0.855. The molecule has 1 amide bonds. The van der Waals surface area contributed by atoms with Crippen LogP contribution in [0.15, 0.2) is 30.3 Å². The number of amides is 1. The van der Waals surface area contributed by atoms with Crippen molar-refractivity contribution >= 4 is 17.6 Å². The van der Waals surface area contributed by atoms with Crippen LogP contribution in [0.1, 0.15) is 19.8 Å². The largest absolute Gasteiger partial charge is 0.481 e. The van der Waals surface area contributed by atoms with Crippen LogP contribution in [0, 0.1) is 5.92 Å². The highest BCUT2D eigenvalue weighted by atomic mass is 16.4. The third kappa shape index (κ3) is 3.36. The van der Waals surface area contributed by atoms with E-state index in [1.807, 2.05) is 37.3 Å². The van der Waals surface area contributed by atoms with Crippen molar-refractivity contribution in [2.24, 2.45) is 5.92 Å². The second-order valence-electron chi connectivity index (χ2n) is 5.11. The molecule has 1 heterocycles. The molecule has 1 aliphatic rings. The molecule has 5 heteroatoms. The minimum atomic E-state index is -0.892. The van der Waals surface area contributed by atoms with Crippen LogP contribution in [0.4, 0.5) is 5.69 Å². The summed E-state index contributed by atoms with van der Waals surface area (Å²) in [5.41, 5.74) is 0.762. The number of carbonyl (C=O) groups is 2. The first-order chi connectivity index (χ1) is 9.59. The van der Waals surface area contributed by atoms with E-state index in [0.29, 0.717) is 0 Å². The maximum absolute atomic E-state index is 12.7. The first kappa shape index (κ1) is 14.5. The molecule has 2 N–H and O–H groups in total. The van der Waals surface area contributed by atoms with Gasteiger partial charge >= 0.3 is 5.97 Å². The molecule has 1 aliphatic heterocycles. The second-order valence-corrected chi connectivity index (χ2v) is 5.11. The predicted molar refractivity (Wildman–Crippen MR) is 76.6 cm³/mol. The molecular weight excluding hydrogens is 256 g/mol. The van der Waals surface area contributed by atoms with Crippen molar-refractivity contribution in [2.75, 3.05) is 18.0 Å². The van der Waals surface area contributed by atoms with E-state index in [1.54, 1.807) is 4.90 Å². The Bertz CT molecular complexity index is 475. The van der Waals surface area contributed by atoms with Gasteiger partial charge < -0.3 is 15.3 Å². The van der Waals surface area contributed by atoms with Crippen molar-refractivity contribution in [2.45, 2.75) is 25.8 Å². The Labute approximate surface area is 118 Å². The Morgan fingerprint density at radius 3 is 2.60 bits per heavy atom. The van der Waals surface area contributed by atoms with Crippen LogP contribution in [0.25, 0.3) is 0 Å². The Morgan fingerprint density at radius 1 is 1.35 bits per heavy atom. The summed E-state index contributed by atoms with van der Waals surface area (Å²) < 4.78 is 0. The molecular formula is C15H20N2O3. The minimum Gasteiger partial charge on any atom is -0.481 e. The number of nitrogens with one attached hydrogen (secondary N) is 1. The van der Waals surface area contributed by atoms with E-state index in [9.17, 15) is 9.59 Å². The van der Waals surface area contributed by atoms with Crippen LogP contribution in [0.5, 0.6) is 0 Å². The maximum atomic E-state index is 12.7. The molecule has 108 valence electrons. The number of para-hydroxylation sites is 1. The Morgan fingerprint density at radius 2 is 2.05 bits per heavy atom. The van der Waals surface area contributed by atoms with Crippen LogP contribution < -0.4 is 10.2 Å². The molecule has 2 atom stereocenters. The smallest absolute Gasteiger partial charge is 0.305 e. The molecule has 20 heavy (non-hydrogen) atoms. The van der Waals surface area contributed by atoms with Crippen molar-refractivity contribution in [3.05, 3.63) is 30.3 Å². The highest BCUT2D eigenvalue weighted by molar-refractivity contribution is 5.96. The lowest BCUT2D eigenvalue weighted by molar-refractivity contribution is -0.136. The minimum absolute atomic E-state index is 0.00921. The number of aliphatic carboxylic acids is 1. The third-order valence-corrected chi connectivity index (χ3v) is 3.73. The van der Waals surface area contributed by atoms with Crippen molar-refractivity contribution in [1.29, 1.82) is 0 Å². The molecule has 1 aromatic rings. The van der Waals surface area contributed by atoms with E-state index in [-0.39, 0.29) is 30.8 Å². The fraction of sp³-hybridized carbons (Fsp3) is 0.467. The number of rotatable bonds is 5. The lowest BCUT2D eigenvalue weighted by atomic mass is 10.00. The first-order valence-electron chi connectivity index (χ1n) is 6.91. The fourth-order valence-corrected chi connectivity index (χ4v) is 2.58. The number of anilines is 1. The number of benzene rings is 1. The SMILES string of the molecule is CC1NCCC1C(=O)N(CCC(=O)O)c1ccccc1. The zero-order chi connectivity index (χ0) is 14.5. The van der Waals surface area contributed by atoms with E-state index in [0.717, 1.165) is 18.7 Å². The standard InChI is InChI=1S/C15H20N2O3/c1-11-13(7-9-16-11)15(20)17(10-8-14(18)19)12-5-3-2-4-6-12/h2-6,11,13,16H,7-10H2,1H3,(H,18,19). The summed E-state index contributed by atoms with van der Waals surface area (Å²) in [4.78, 5) is 25.1. The molecule has 0 bridgehead atoms. The number of carboxylic acids is 1. The van der Waals surface area contributed by atoms with Gasteiger partial charge in [-0.1, -0.05) is 18.2 Å². The summed E-state index contributed by atoms with van der Waals surface area (Å²) in [5.74, 6) is -0.963. The number of nitrogens with zero attached hydrogens (tertiary/aromatic N) is 1. The normalized spacial score (nSPS) is 21.6. The highest BCUT2D eigenvalue weighted by Crippen LogP contribution is 2.23. The summed E-state index contributed by atoms with van der Waals surface area (Å²) >= 11 is 0. The van der Waals surface area contributed by atoms with Gasteiger partial charge in [0.05, 0.1) is 12.3 Å². The van der Waals surface area contributed by atoms with Gasteiger partial charge in [-0.15, -0.1) is 0 Å². The van der Waals surface area contributed by atoms with Gasteiger partial charge in [-0.25, -0.2) is 0 Å². The Kier molecular flexibility index (Phi) is 4.74. The molecule has 5 nitrogen and oxygen atoms in total. The van der Waals surface area contributed by atoms with Crippen LogP contribution in [0.3, 0.4) is 0 Å². The van der Waals surface area contributed by atoms with E-state index in [4.69, 9.17) is 5.11 Å². The average molecular weight is 276 g/mol. The molecule has 0 aliphatic carbocycles. The van der Waals surface area contributed by atoms with Crippen molar-refractivity contribution in [1.82, 2.24) is 5.32 Å². The van der Waals surface area contributed by atoms with Crippen molar-refractivity contribution < 1.29 is 14.7 Å². The summed E-state index contributed by atoms with van der Waals surface area (Å²) in [6.45, 7) is 3.04. The van der Waals surface area contributed by atoms with Gasteiger partial charge in [-0.05, 0) is 32.0 Å². The predicted octanol–water partition coefficient (Wildman–Crippen LogP) is 1.49.